The summed E-state index contributed by atoms with van der Waals surface area (Å²) in [4.78, 5) is 11.7. The molecular formula is C19H18F3NO5S. The van der Waals surface area contributed by atoms with Gasteiger partial charge < -0.3 is 18.9 Å². The molecule has 156 valence electrons. The summed E-state index contributed by atoms with van der Waals surface area (Å²) in [6.45, 7) is 0.634. The molecule has 1 heterocycles. The zero-order valence-electron chi connectivity index (χ0n) is 15.1. The molecule has 0 fully saturated rings. The first-order chi connectivity index (χ1) is 13.9. The van der Waals surface area contributed by atoms with Crippen molar-refractivity contribution in [3.8, 4) is 17.2 Å². The number of rotatable bonds is 7. The van der Waals surface area contributed by atoms with Crippen LogP contribution in [0.3, 0.4) is 0 Å². The van der Waals surface area contributed by atoms with Gasteiger partial charge in [-0.25, -0.2) is 4.79 Å². The van der Waals surface area contributed by atoms with Gasteiger partial charge in [-0.1, -0.05) is 12.1 Å². The van der Waals surface area contributed by atoms with E-state index in [9.17, 15) is 18.0 Å². The summed E-state index contributed by atoms with van der Waals surface area (Å²) in [5.41, 5.74) is 0.295. The van der Waals surface area contributed by atoms with E-state index in [-0.39, 0.29) is 18.5 Å². The Balaban J connectivity index is 1.30. The van der Waals surface area contributed by atoms with Crippen LogP contribution in [0.2, 0.25) is 0 Å². The Labute approximate surface area is 169 Å². The lowest BCUT2D eigenvalue weighted by Gasteiger charge is -2.26. The largest absolute Gasteiger partial charge is 0.573 e. The highest BCUT2D eigenvalue weighted by Gasteiger charge is 2.31. The first-order valence-electron chi connectivity index (χ1n) is 8.65. The lowest BCUT2D eigenvalue weighted by molar-refractivity contribution is -0.274. The summed E-state index contributed by atoms with van der Waals surface area (Å²) in [6.07, 6.45) is -5.54. The maximum absolute atomic E-state index is 12.1. The number of para-hydroxylation sites is 2. The van der Waals surface area contributed by atoms with Gasteiger partial charge in [-0.05, 0) is 36.4 Å². The van der Waals surface area contributed by atoms with Gasteiger partial charge in [-0.3, -0.25) is 5.32 Å². The lowest BCUT2D eigenvalue weighted by atomic mass is 10.3. The molecule has 0 bridgehead atoms. The van der Waals surface area contributed by atoms with Crippen molar-refractivity contribution < 1.29 is 36.9 Å². The minimum absolute atomic E-state index is 0.0823. The van der Waals surface area contributed by atoms with Gasteiger partial charge in [0.25, 0.3) is 0 Å². The molecular weight excluding hydrogens is 411 g/mol. The highest BCUT2D eigenvalue weighted by atomic mass is 32.2. The summed E-state index contributed by atoms with van der Waals surface area (Å²) in [5, 5.41) is 2.43. The lowest BCUT2D eigenvalue weighted by Crippen LogP contribution is -2.31. The van der Waals surface area contributed by atoms with Crippen LogP contribution in [-0.2, 0) is 4.74 Å². The normalized spacial score (nSPS) is 15.5. The van der Waals surface area contributed by atoms with Crippen molar-refractivity contribution in [3.05, 3.63) is 48.5 Å². The molecule has 2 aromatic carbocycles. The number of nitrogens with one attached hydrogen (secondary N) is 1. The number of benzene rings is 2. The molecule has 0 saturated heterocycles. The zero-order valence-corrected chi connectivity index (χ0v) is 15.9. The van der Waals surface area contributed by atoms with Crippen LogP contribution in [0.5, 0.6) is 17.2 Å². The Hall–Kier alpha value is -2.75. The number of amides is 1. The Morgan fingerprint density at radius 1 is 1.14 bits per heavy atom. The van der Waals surface area contributed by atoms with Crippen molar-refractivity contribution in [2.75, 3.05) is 30.0 Å². The average molecular weight is 429 g/mol. The quantitative estimate of drug-likeness (QED) is 0.644. The minimum Gasteiger partial charge on any atom is -0.486 e. The van der Waals surface area contributed by atoms with Crippen molar-refractivity contribution >= 4 is 23.5 Å². The van der Waals surface area contributed by atoms with Crippen molar-refractivity contribution in [1.29, 1.82) is 0 Å². The Morgan fingerprint density at radius 3 is 2.59 bits per heavy atom. The molecule has 0 unspecified atom stereocenters. The van der Waals surface area contributed by atoms with E-state index in [0.717, 1.165) is 17.9 Å². The predicted octanol–water partition coefficient (Wildman–Crippen LogP) is 4.71. The Morgan fingerprint density at radius 2 is 1.86 bits per heavy atom. The standard InChI is InChI=1S/C19H18F3NO5S/c20-19(21,22)28-14-7-5-13(6-8-14)23-18(24)25-9-10-29-12-15-11-26-16-3-1-2-4-17(16)27-15/h1-8,15H,9-12H2,(H,23,24)/t15-/m0/s1. The van der Waals surface area contributed by atoms with Crippen LogP contribution in [0.1, 0.15) is 0 Å². The molecule has 10 heteroatoms. The number of hydrogen-bond donors (Lipinski definition) is 1. The Bertz CT molecular complexity index is 816. The maximum atomic E-state index is 12.1. The van der Waals surface area contributed by atoms with Gasteiger partial charge in [0.1, 0.15) is 25.1 Å². The van der Waals surface area contributed by atoms with E-state index in [1.807, 2.05) is 24.3 Å². The van der Waals surface area contributed by atoms with E-state index in [1.54, 1.807) is 11.8 Å². The van der Waals surface area contributed by atoms with Crippen molar-refractivity contribution in [3.63, 3.8) is 0 Å². The molecule has 2 aromatic rings. The number of thioether (sulfide) groups is 1. The van der Waals surface area contributed by atoms with Gasteiger partial charge in [0.05, 0.1) is 0 Å². The van der Waals surface area contributed by atoms with Gasteiger partial charge in [0.2, 0.25) is 0 Å². The first-order valence-corrected chi connectivity index (χ1v) is 9.80. The Kier molecular flexibility index (Phi) is 6.97. The summed E-state index contributed by atoms with van der Waals surface area (Å²) >= 11 is 1.56. The van der Waals surface area contributed by atoms with Crippen molar-refractivity contribution in [1.82, 2.24) is 0 Å². The number of halogens is 3. The van der Waals surface area contributed by atoms with Crippen LogP contribution < -0.4 is 19.5 Å². The molecule has 0 aromatic heterocycles. The summed E-state index contributed by atoms with van der Waals surface area (Å²) in [5.74, 6) is 2.32. The van der Waals surface area contributed by atoms with E-state index in [2.05, 4.69) is 10.1 Å². The fourth-order valence-electron chi connectivity index (χ4n) is 2.45. The monoisotopic (exact) mass is 429 g/mol. The zero-order chi connectivity index (χ0) is 20.7. The van der Waals surface area contributed by atoms with Gasteiger partial charge in [0.15, 0.2) is 11.5 Å². The molecule has 0 radical (unpaired) electrons. The second-order valence-electron chi connectivity index (χ2n) is 5.91. The summed E-state index contributed by atoms with van der Waals surface area (Å²) in [6, 6.07) is 12.2. The van der Waals surface area contributed by atoms with Crippen LogP contribution in [0.25, 0.3) is 0 Å². The molecule has 1 N–H and O–H groups in total. The van der Waals surface area contributed by atoms with Crippen LogP contribution >= 0.6 is 11.8 Å². The van der Waals surface area contributed by atoms with Crippen LogP contribution in [0.4, 0.5) is 23.7 Å². The van der Waals surface area contributed by atoms with Crippen LogP contribution in [-0.4, -0.2) is 43.3 Å². The van der Waals surface area contributed by atoms with E-state index < -0.39 is 12.5 Å². The molecule has 3 rings (SSSR count). The van der Waals surface area contributed by atoms with Crippen LogP contribution in [0.15, 0.2) is 48.5 Å². The minimum atomic E-state index is -4.76. The smallest absolute Gasteiger partial charge is 0.486 e. The number of anilines is 1. The molecule has 1 aliphatic heterocycles. The van der Waals surface area contributed by atoms with E-state index in [1.165, 1.54) is 12.1 Å². The maximum Gasteiger partial charge on any atom is 0.573 e. The van der Waals surface area contributed by atoms with Crippen molar-refractivity contribution in [2.45, 2.75) is 12.5 Å². The molecule has 0 spiro atoms. The van der Waals surface area contributed by atoms with Gasteiger partial charge in [0, 0.05) is 17.2 Å². The van der Waals surface area contributed by atoms with Gasteiger partial charge in [-0.2, -0.15) is 11.8 Å². The number of hydrogen-bond acceptors (Lipinski definition) is 6. The van der Waals surface area contributed by atoms with Gasteiger partial charge in [-0.15, -0.1) is 13.2 Å². The number of alkyl halides is 3. The summed E-state index contributed by atoms with van der Waals surface area (Å²) in [7, 11) is 0. The second kappa shape index (κ2) is 9.64. The van der Waals surface area contributed by atoms with E-state index in [4.69, 9.17) is 14.2 Å². The molecule has 1 atom stereocenters. The highest BCUT2D eigenvalue weighted by Crippen LogP contribution is 2.31. The molecule has 0 saturated carbocycles. The van der Waals surface area contributed by atoms with E-state index >= 15 is 0 Å². The molecule has 29 heavy (non-hydrogen) atoms. The first kappa shape index (κ1) is 21.0. The molecule has 6 nitrogen and oxygen atoms in total. The molecule has 1 amide bonds. The fraction of sp³-hybridized carbons (Fsp3) is 0.316. The number of fused-ring (bicyclic) bond motifs is 1. The fourth-order valence-corrected chi connectivity index (χ4v) is 3.24. The number of carbonyl (C=O) groups is 1. The third-order valence-corrected chi connectivity index (χ3v) is 4.73. The molecule has 1 aliphatic rings. The number of ether oxygens (including phenoxy) is 4. The van der Waals surface area contributed by atoms with Gasteiger partial charge >= 0.3 is 12.5 Å². The summed E-state index contributed by atoms with van der Waals surface area (Å²) < 4.78 is 56.6. The second-order valence-corrected chi connectivity index (χ2v) is 7.06. The SMILES string of the molecule is O=C(Nc1ccc(OC(F)(F)F)cc1)OCCSC[C@@H]1COc2ccccc2O1. The third-order valence-electron chi connectivity index (χ3n) is 3.67. The van der Waals surface area contributed by atoms with Crippen LogP contribution in [0, 0.1) is 0 Å². The van der Waals surface area contributed by atoms with Crippen molar-refractivity contribution in [2.24, 2.45) is 0 Å². The third kappa shape index (κ3) is 6.97. The number of carbonyl (C=O) groups excluding carboxylic acids is 1. The van der Waals surface area contributed by atoms with E-state index in [0.29, 0.717) is 29.5 Å². The highest BCUT2D eigenvalue weighted by molar-refractivity contribution is 7.99. The topological polar surface area (TPSA) is 66.0 Å². The predicted molar refractivity (Wildman–Crippen MR) is 102 cm³/mol. The molecule has 0 aliphatic carbocycles. The average Bonchev–Trinajstić information content (AvgIpc) is 2.68.